The molecule has 1 aliphatic rings. The summed E-state index contributed by atoms with van der Waals surface area (Å²) in [4.78, 5) is 12.4. The van der Waals surface area contributed by atoms with Gasteiger partial charge < -0.3 is 10.1 Å². The van der Waals surface area contributed by atoms with E-state index in [9.17, 15) is 4.79 Å². The van der Waals surface area contributed by atoms with Crippen LogP contribution in [0.5, 0.6) is 0 Å². The molecule has 18 heavy (non-hydrogen) atoms. The Balaban J connectivity index is 2.41. The number of halogens is 1. The zero-order valence-corrected chi connectivity index (χ0v) is 12.2. The molecule has 3 nitrogen and oxygen atoms in total. The Morgan fingerprint density at radius 1 is 1.56 bits per heavy atom. The van der Waals surface area contributed by atoms with Crippen molar-refractivity contribution in [2.75, 3.05) is 11.9 Å². The van der Waals surface area contributed by atoms with Gasteiger partial charge in [-0.2, -0.15) is 0 Å². The van der Waals surface area contributed by atoms with Crippen LogP contribution in [-0.2, 0) is 9.53 Å². The van der Waals surface area contributed by atoms with Crippen LogP contribution in [-0.4, -0.2) is 17.6 Å². The van der Waals surface area contributed by atoms with E-state index in [1.165, 1.54) is 0 Å². The Kier molecular flexibility index (Phi) is 4.14. The number of fused-ring (bicyclic) bond motifs is 1. The number of nitrogens with one attached hydrogen (secondary N) is 1. The SMILES string of the molecule is CCOC(=O)C1=Cc2ccc(Br)cc2NC(=S)C1. The van der Waals surface area contributed by atoms with Gasteiger partial charge in [0, 0.05) is 22.2 Å². The minimum Gasteiger partial charge on any atom is -0.463 e. The van der Waals surface area contributed by atoms with Gasteiger partial charge in [-0.05, 0) is 30.7 Å². The summed E-state index contributed by atoms with van der Waals surface area (Å²) in [5.74, 6) is -0.308. The lowest BCUT2D eigenvalue weighted by Crippen LogP contribution is -2.13. The highest BCUT2D eigenvalue weighted by Gasteiger charge is 2.18. The van der Waals surface area contributed by atoms with E-state index < -0.39 is 0 Å². The molecule has 2 rings (SSSR count). The number of ether oxygens (including phenoxy) is 1. The minimum atomic E-state index is -0.308. The summed E-state index contributed by atoms with van der Waals surface area (Å²) in [6, 6.07) is 5.79. The van der Waals surface area contributed by atoms with E-state index in [1.807, 2.05) is 24.3 Å². The number of hydrogen-bond donors (Lipinski definition) is 1. The lowest BCUT2D eigenvalue weighted by molar-refractivity contribution is -0.138. The molecule has 94 valence electrons. The molecule has 0 atom stereocenters. The maximum Gasteiger partial charge on any atom is 0.334 e. The molecule has 0 saturated heterocycles. The first kappa shape index (κ1) is 13.2. The maximum absolute atomic E-state index is 11.8. The molecule has 1 N–H and O–H groups in total. The number of rotatable bonds is 2. The molecule has 0 radical (unpaired) electrons. The molecule has 0 fully saturated rings. The van der Waals surface area contributed by atoms with Crippen LogP contribution in [0.4, 0.5) is 5.69 Å². The van der Waals surface area contributed by atoms with Crippen LogP contribution in [0.15, 0.2) is 28.2 Å². The average molecular weight is 326 g/mol. The highest BCUT2D eigenvalue weighted by molar-refractivity contribution is 9.10. The molecule has 1 heterocycles. The van der Waals surface area contributed by atoms with E-state index in [0.29, 0.717) is 23.6 Å². The molecule has 0 aliphatic carbocycles. The highest BCUT2D eigenvalue weighted by atomic mass is 79.9. The third-order valence-electron chi connectivity index (χ3n) is 2.51. The number of benzene rings is 1. The summed E-state index contributed by atoms with van der Waals surface area (Å²) < 4.78 is 5.98. The predicted molar refractivity (Wildman–Crippen MR) is 79.6 cm³/mol. The Bertz CT molecular complexity index is 540. The summed E-state index contributed by atoms with van der Waals surface area (Å²) in [6.07, 6.45) is 2.23. The van der Waals surface area contributed by atoms with Crippen molar-refractivity contribution in [1.29, 1.82) is 0 Å². The molecule has 0 amide bonds. The number of carbonyl (C=O) groups excluding carboxylic acids is 1. The summed E-state index contributed by atoms with van der Waals surface area (Å²) in [6.45, 7) is 2.15. The van der Waals surface area contributed by atoms with Crippen molar-refractivity contribution in [2.45, 2.75) is 13.3 Å². The van der Waals surface area contributed by atoms with Crippen molar-refractivity contribution < 1.29 is 9.53 Å². The van der Waals surface area contributed by atoms with Crippen LogP contribution in [0.3, 0.4) is 0 Å². The van der Waals surface area contributed by atoms with Crippen LogP contribution < -0.4 is 5.32 Å². The van der Waals surface area contributed by atoms with Gasteiger partial charge in [-0.15, -0.1) is 0 Å². The fourth-order valence-corrected chi connectivity index (χ4v) is 2.35. The van der Waals surface area contributed by atoms with E-state index in [4.69, 9.17) is 17.0 Å². The molecular weight excluding hydrogens is 314 g/mol. The third kappa shape index (κ3) is 2.97. The van der Waals surface area contributed by atoms with Crippen LogP contribution >= 0.6 is 28.1 Å². The van der Waals surface area contributed by atoms with Crippen molar-refractivity contribution in [3.63, 3.8) is 0 Å². The Morgan fingerprint density at radius 2 is 2.33 bits per heavy atom. The molecule has 1 aromatic rings. The fraction of sp³-hybridized carbons (Fsp3) is 0.231. The molecular formula is C13H12BrNO2S. The second kappa shape index (κ2) is 5.63. The van der Waals surface area contributed by atoms with E-state index >= 15 is 0 Å². The molecule has 0 unspecified atom stereocenters. The van der Waals surface area contributed by atoms with Gasteiger partial charge in [0.1, 0.15) is 0 Å². The lowest BCUT2D eigenvalue weighted by atomic mass is 10.1. The van der Waals surface area contributed by atoms with Crippen LogP contribution in [0.25, 0.3) is 6.08 Å². The van der Waals surface area contributed by atoms with Gasteiger partial charge in [0.05, 0.1) is 11.6 Å². The molecule has 0 spiro atoms. The first-order chi connectivity index (χ1) is 8.60. The molecule has 0 saturated carbocycles. The molecule has 0 bridgehead atoms. The largest absolute Gasteiger partial charge is 0.463 e. The van der Waals surface area contributed by atoms with Gasteiger partial charge in [-0.3, -0.25) is 0 Å². The van der Waals surface area contributed by atoms with Crippen LogP contribution in [0, 0.1) is 0 Å². The topological polar surface area (TPSA) is 38.3 Å². The predicted octanol–water partition coefficient (Wildman–Crippen LogP) is 3.54. The van der Waals surface area contributed by atoms with Crippen LogP contribution in [0.1, 0.15) is 18.9 Å². The Labute approximate surface area is 119 Å². The zero-order chi connectivity index (χ0) is 13.1. The quantitative estimate of drug-likeness (QED) is 0.666. The van der Waals surface area contributed by atoms with E-state index in [-0.39, 0.29) is 5.97 Å². The standard InChI is InChI=1S/C13H12BrNO2S/c1-2-17-13(16)9-5-8-3-4-10(14)7-11(8)15-12(18)6-9/h3-5,7H,2,6H2,1H3,(H,15,18). The Morgan fingerprint density at radius 3 is 3.06 bits per heavy atom. The third-order valence-corrected chi connectivity index (χ3v) is 3.25. The first-order valence-corrected chi connectivity index (χ1v) is 6.77. The number of anilines is 1. The first-order valence-electron chi connectivity index (χ1n) is 5.57. The van der Waals surface area contributed by atoms with Gasteiger partial charge in [-0.1, -0.05) is 34.2 Å². The second-order valence-electron chi connectivity index (χ2n) is 3.85. The summed E-state index contributed by atoms with van der Waals surface area (Å²) in [7, 11) is 0. The van der Waals surface area contributed by atoms with Gasteiger partial charge in [0.15, 0.2) is 0 Å². The van der Waals surface area contributed by atoms with Gasteiger partial charge in [-0.25, -0.2) is 4.79 Å². The fourth-order valence-electron chi connectivity index (χ4n) is 1.72. The van der Waals surface area contributed by atoms with Crippen molar-refractivity contribution in [3.8, 4) is 0 Å². The second-order valence-corrected chi connectivity index (χ2v) is 5.26. The van der Waals surface area contributed by atoms with E-state index in [2.05, 4.69) is 21.2 Å². The van der Waals surface area contributed by atoms with Crippen molar-refractivity contribution in [3.05, 3.63) is 33.8 Å². The average Bonchev–Trinajstić information content (AvgIpc) is 2.47. The summed E-state index contributed by atoms with van der Waals surface area (Å²) in [5.41, 5.74) is 2.41. The number of esters is 1. The smallest absolute Gasteiger partial charge is 0.334 e. The van der Waals surface area contributed by atoms with Crippen molar-refractivity contribution in [2.24, 2.45) is 0 Å². The van der Waals surface area contributed by atoms with Crippen molar-refractivity contribution in [1.82, 2.24) is 0 Å². The lowest BCUT2D eigenvalue weighted by Gasteiger charge is -2.07. The highest BCUT2D eigenvalue weighted by Crippen LogP contribution is 2.28. The van der Waals surface area contributed by atoms with Gasteiger partial charge in [0.2, 0.25) is 0 Å². The van der Waals surface area contributed by atoms with Gasteiger partial charge >= 0.3 is 5.97 Å². The summed E-state index contributed by atoms with van der Waals surface area (Å²) >= 11 is 8.63. The minimum absolute atomic E-state index is 0.308. The van der Waals surface area contributed by atoms with E-state index in [0.717, 1.165) is 15.7 Å². The van der Waals surface area contributed by atoms with Gasteiger partial charge in [0.25, 0.3) is 0 Å². The monoisotopic (exact) mass is 325 g/mol. The number of hydrogen-bond acceptors (Lipinski definition) is 3. The summed E-state index contributed by atoms with van der Waals surface area (Å²) in [5, 5.41) is 3.13. The maximum atomic E-state index is 11.8. The van der Waals surface area contributed by atoms with Crippen LogP contribution in [0.2, 0.25) is 0 Å². The molecule has 0 aromatic heterocycles. The Hall–Kier alpha value is -1.20. The molecule has 1 aliphatic heterocycles. The van der Waals surface area contributed by atoms with E-state index in [1.54, 1.807) is 6.92 Å². The molecule has 5 heteroatoms. The zero-order valence-electron chi connectivity index (χ0n) is 9.83. The normalized spacial score (nSPS) is 14.1. The van der Waals surface area contributed by atoms with Crippen molar-refractivity contribution >= 4 is 50.9 Å². The molecule has 1 aromatic carbocycles. The number of carbonyl (C=O) groups is 1. The number of thiocarbonyl (C=S) groups is 1.